The summed E-state index contributed by atoms with van der Waals surface area (Å²) < 4.78 is 3.39. The van der Waals surface area contributed by atoms with E-state index in [-0.39, 0.29) is 5.56 Å². The minimum Gasteiger partial charge on any atom is -0.267 e. The van der Waals surface area contributed by atoms with E-state index in [4.69, 9.17) is 0 Å². The molecule has 0 atom stereocenters. The summed E-state index contributed by atoms with van der Waals surface area (Å²) in [5.41, 5.74) is 5.03. The first-order valence-electron chi connectivity index (χ1n) is 7.23. The van der Waals surface area contributed by atoms with Crippen molar-refractivity contribution in [1.29, 1.82) is 0 Å². The van der Waals surface area contributed by atoms with Gasteiger partial charge in [0.2, 0.25) is 0 Å². The van der Waals surface area contributed by atoms with Crippen molar-refractivity contribution in [2.75, 3.05) is 0 Å². The lowest BCUT2D eigenvalue weighted by molar-refractivity contribution is 1.18. The van der Waals surface area contributed by atoms with Gasteiger partial charge in [-0.25, -0.2) is 9.38 Å². The molecule has 0 amide bonds. The fourth-order valence-electron chi connectivity index (χ4n) is 2.68. The number of imidazole rings is 1. The normalized spacial score (nSPS) is 12.6. The van der Waals surface area contributed by atoms with E-state index >= 15 is 0 Å². The zero-order chi connectivity index (χ0) is 16.1. The Labute approximate surface area is 145 Å². The van der Waals surface area contributed by atoms with E-state index in [1.165, 1.54) is 11.3 Å². The van der Waals surface area contributed by atoms with Gasteiger partial charge in [-0.1, -0.05) is 41.7 Å². The number of aryl methyl sites for hydroxylation is 1. The molecule has 0 unspecified atom stereocenters. The molecular formula is C18H13BrN2OS. The van der Waals surface area contributed by atoms with E-state index in [9.17, 15) is 4.79 Å². The summed E-state index contributed by atoms with van der Waals surface area (Å²) in [5.74, 6) is 0. The molecule has 3 nitrogen and oxygen atoms in total. The Morgan fingerprint density at radius 3 is 2.70 bits per heavy atom. The van der Waals surface area contributed by atoms with Crippen LogP contribution in [0.25, 0.3) is 22.1 Å². The van der Waals surface area contributed by atoms with E-state index in [1.54, 1.807) is 4.40 Å². The molecule has 23 heavy (non-hydrogen) atoms. The first-order valence-corrected chi connectivity index (χ1v) is 8.84. The average molecular weight is 385 g/mol. The van der Waals surface area contributed by atoms with Crippen LogP contribution in [0.2, 0.25) is 0 Å². The van der Waals surface area contributed by atoms with Gasteiger partial charge in [0.15, 0.2) is 4.96 Å². The summed E-state index contributed by atoms with van der Waals surface area (Å²) in [6, 6.07) is 11.9. The van der Waals surface area contributed by atoms with Crippen molar-refractivity contribution >= 4 is 49.3 Å². The van der Waals surface area contributed by atoms with Crippen molar-refractivity contribution in [3.63, 3.8) is 0 Å². The quantitative estimate of drug-likeness (QED) is 0.499. The van der Waals surface area contributed by atoms with Crippen molar-refractivity contribution in [3.8, 4) is 0 Å². The zero-order valence-corrected chi connectivity index (χ0v) is 15.0. The smallest absolute Gasteiger partial charge is 0.267 e. The Bertz CT molecular complexity index is 1160. The van der Waals surface area contributed by atoms with Gasteiger partial charge in [-0.2, -0.15) is 0 Å². The molecule has 2 heterocycles. The fraction of sp³-hybridized carbons (Fsp3) is 0.111. The Kier molecular flexibility index (Phi) is 3.36. The van der Waals surface area contributed by atoms with E-state index in [0.717, 1.165) is 37.2 Å². The minimum absolute atomic E-state index is 0.00786. The van der Waals surface area contributed by atoms with Crippen LogP contribution >= 0.6 is 27.3 Å². The zero-order valence-electron chi connectivity index (χ0n) is 12.6. The second kappa shape index (κ2) is 5.28. The van der Waals surface area contributed by atoms with Crippen LogP contribution in [0.3, 0.4) is 0 Å². The van der Waals surface area contributed by atoms with Gasteiger partial charge in [0.1, 0.15) is 5.52 Å². The molecule has 0 aliphatic carbocycles. The third-order valence-electron chi connectivity index (χ3n) is 4.08. The van der Waals surface area contributed by atoms with Crippen molar-refractivity contribution in [3.05, 3.63) is 72.4 Å². The molecule has 0 bridgehead atoms. The summed E-state index contributed by atoms with van der Waals surface area (Å²) in [5, 5.41) is 0. The predicted octanol–water partition coefficient (Wildman–Crippen LogP) is 3.84. The van der Waals surface area contributed by atoms with Crippen LogP contribution < -0.4 is 10.1 Å². The van der Waals surface area contributed by atoms with Crippen LogP contribution in [0.1, 0.15) is 16.7 Å². The fourth-order valence-corrected chi connectivity index (χ4v) is 4.26. The lowest BCUT2D eigenvalue weighted by atomic mass is 10.1. The van der Waals surface area contributed by atoms with Crippen LogP contribution in [0.4, 0.5) is 0 Å². The number of aromatic nitrogens is 2. The highest BCUT2D eigenvalue weighted by molar-refractivity contribution is 9.10. The lowest BCUT2D eigenvalue weighted by Crippen LogP contribution is -2.22. The number of fused-ring (bicyclic) bond motifs is 3. The molecule has 5 heteroatoms. The summed E-state index contributed by atoms with van der Waals surface area (Å²) in [6.45, 7) is 4.10. The molecule has 0 saturated heterocycles. The summed E-state index contributed by atoms with van der Waals surface area (Å²) in [6.07, 6.45) is 1.92. The van der Waals surface area contributed by atoms with Crippen molar-refractivity contribution < 1.29 is 0 Å². The van der Waals surface area contributed by atoms with Gasteiger partial charge in [0.25, 0.3) is 5.56 Å². The van der Waals surface area contributed by atoms with Crippen molar-refractivity contribution in [1.82, 2.24) is 9.38 Å². The molecule has 0 spiro atoms. The first-order chi connectivity index (χ1) is 11.1. The molecule has 4 rings (SSSR count). The number of nitrogens with zero attached hydrogens (tertiary/aromatic N) is 2. The molecule has 0 saturated carbocycles. The number of halogens is 1. The summed E-state index contributed by atoms with van der Waals surface area (Å²) >= 11 is 5.04. The summed E-state index contributed by atoms with van der Waals surface area (Å²) in [7, 11) is 0. The Morgan fingerprint density at radius 1 is 1.22 bits per heavy atom. The highest BCUT2D eigenvalue weighted by Crippen LogP contribution is 2.30. The van der Waals surface area contributed by atoms with Crippen LogP contribution in [0.5, 0.6) is 0 Å². The largest absolute Gasteiger partial charge is 0.274 e. The maximum absolute atomic E-state index is 12.8. The monoisotopic (exact) mass is 384 g/mol. The second-order valence-electron chi connectivity index (χ2n) is 5.56. The maximum Gasteiger partial charge on any atom is 0.274 e. The molecule has 2 aromatic carbocycles. The number of benzene rings is 2. The molecule has 0 fully saturated rings. The Morgan fingerprint density at radius 2 is 1.96 bits per heavy atom. The van der Waals surface area contributed by atoms with E-state index in [1.807, 2.05) is 49.4 Å². The predicted molar refractivity (Wildman–Crippen MR) is 99.2 cm³/mol. The highest BCUT2D eigenvalue weighted by Gasteiger charge is 2.15. The van der Waals surface area contributed by atoms with Gasteiger partial charge in [-0.3, -0.25) is 4.79 Å². The number of hydrogen-bond acceptors (Lipinski definition) is 3. The van der Waals surface area contributed by atoms with Crippen LogP contribution in [0.15, 0.2) is 45.7 Å². The molecule has 2 aromatic heterocycles. The molecule has 0 aliphatic rings. The second-order valence-corrected chi connectivity index (χ2v) is 7.36. The Hall–Kier alpha value is -1.98. The van der Waals surface area contributed by atoms with E-state index < -0.39 is 0 Å². The Balaban J connectivity index is 2.08. The number of thiazole rings is 1. The topological polar surface area (TPSA) is 34.4 Å². The number of rotatable bonds is 1. The third kappa shape index (κ3) is 2.23. The minimum atomic E-state index is -0.00786. The maximum atomic E-state index is 12.8. The van der Waals surface area contributed by atoms with Gasteiger partial charge in [-0.05, 0) is 58.6 Å². The molecule has 0 radical (unpaired) electrons. The summed E-state index contributed by atoms with van der Waals surface area (Å²) in [4.78, 5) is 18.2. The molecular weight excluding hydrogens is 372 g/mol. The van der Waals surface area contributed by atoms with Gasteiger partial charge < -0.3 is 0 Å². The molecule has 0 N–H and O–H groups in total. The molecule has 114 valence electrons. The van der Waals surface area contributed by atoms with Gasteiger partial charge >= 0.3 is 0 Å². The third-order valence-corrected chi connectivity index (χ3v) is 6.02. The molecule has 4 aromatic rings. The van der Waals surface area contributed by atoms with E-state index in [2.05, 4.69) is 27.8 Å². The van der Waals surface area contributed by atoms with Crippen LogP contribution in [-0.2, 0) is 0 Å². The van der Waals surface area contributed by atoms with Gasteiger partial charge in [-0.15, -0.1) is 0 Å². The first kappa shape index (κ1) is 14.6. The van der Waals surface area contributed by atoms with Gasteiger partial charge in [0, 0.05) is 4.47 Å². The highest BCUT2D eigenvalue weighted by atomic mass is 79.9. The van der Waals surface area contributed by atoms with Crippen molar-refractivity contribution in [2.24, 2.45) is 0 Å². The standard InChI is InChI=1S/C18H13BrN2OS/c1-10-8-13-16(15(19)11(10)2)20-18-21(13)17(22)14(23-18)9-12-6-4-3-5-7-12/h3-9H,1-2H3/b14-9+. The van der Waals surface area contributed by atoms with Crippen LogP contribution in [-0.4, -0.2) is 9.38 Å². The SMILES string of the molecule is Cc1cc2c(nc3s/c(=C/c4ccccc4)c(=O)n32)c(Br)c1C. The van der Waals surface area contributed by atoms with E-state index in [0.29, 0.717) is 4.53 Å². The number of hydrogen-bond donors (Lipinski definition) is 0. The molecule has 0 aliphatic heterocycles. The van der Waals surface area contributed by atoms with Gasteiger partial charge in [0.05, 0.1) is 10.0 Å². The average Bonchev–Trinajstić information content (AvgIpc) is 3.04. The van der Waals surface area contributed by atoms with Crippen LogP contribution in [0, 0.1) is 13.8 Å². The van der Waals surface area contributed by atoms with Crippen molar-refractivity contribution in [2.45, 2.75) is 13.8 Å². The lowest BCUT2D eigenvalue weighted by Gasteiger charge is -2.03.